The number of hydrazine groups is 1. The lowest BCUT2D eigenvalue weighted by Gasteiger charge is -2.33. The molecule has 23 heavy (non-hydrogen) atoms. The fourth-order valence-corrected chi connectivity index (χ4v) is 4.40. The van der Waals surface area contributed by atoms with Crippen LogP contribution < -0.4 is 5.32 Å². The van der Waals surface area contributed by atoms with E-state index in [1.807, 2.05) is 0 Å². The van der Waals surface area contributed by atoms with Gasteiger partial charge in [-0.25, -0.2) is 13.4 Å². The predicted octanol–water partition coefficient (Wildman–Crippen LogP) is 0.751. The minimum atomic E-state index is -3.09. The summed E-state index contributed by atoms with van der Waals surface area (Å²) < 4.78 is 23.4. The van der Waals surface area contributed by atoms with Gasteiger partial charge in [0.1, 0.15) is 0 Å². The standard InChI is InChI=1S/C15H21N3O4S/c1-11(19)16-13-6-4-5-12(9-13)15(20)18(17(2)3)14-7-8-23(21,22)10-14/h4-6,9,14H,7-8,10H2,1-3H3,(H,16,19). The SMILES string of the molecule is CC(=O)Nc1cccc(C(=O)N(C2CCS(=O)(=O)C2)N(C)C)c1. The maximum Gasteiger partial charge on any atom is 0.268 e. The summed E-state index contributed by atoms with van der Waals surface area (Å²) in [5.74, 6) is -0.436. The minimum Gasteiger partial charge on any atom is -0.326 e. The number of rotatable bonds is 4. The Morgan fingerprint density at radius 1 is 1.26 bits per heavy atom. The normalized spacial score (nSPS) is 19.6. The largest absolute Gasteiger partial charge is 0.326 e. The molecule has 1 N–H and O–H groups in total. The van der Waals surface area contributed by atoms with Crippen molar-refractivity contribution < 1.29 is 18.0 Å². The van der Waals surface area contributed by atoms with Crippen LogP contribution in [0.1, 0.15) is 23.7 Å². The van der Waals surface area contributed by atoms with E-state index in [9.17, 15) is 18.0 Å². The third-order valence-electron chi connectivity index (χ3n) is 3.62. The average Bonchev–Trinajstić information content (AvgIpc) is 2.78. The Morgan fingerprint density at radius 3 is 2.48 bits per heavy atom. The highest BCUT2D eigenvalue weighted by Crippen LogP contribution is 2.22. The highest BCUT2D eigenvalue weighted by molar-refractivity contribution is 7.91. The molecule has 0 saturated carbocycles. The molecule has 126 valence electrons. The predicted molar refractivity (Wildman–Crippen MR) is 87.7 cm³/mol. The van der Waals surface area contributed by atoms with Crippen molar-refractivity contribution in [3.8, 4) is 0 Å². The summed E-state index contributed by atoms with van der Waals surface area (Å²) in [7, 11) is 0.326. The second-order valence-electron chi connectivity index (χ2n) is 5.82. The smallest absolute Gasteiger partial charge is 0.268 e. The first-order valence-corrected chi connectivity index (χ1v) is 9.10. The lowest BCUT2D eigenvalue weighted by Crippen LogP contribution is -2.49. The molecule has 0 aromatic heterocycles. The molecule has 0 aliphatic carbocycles. The van der Waals surface area contributed by atoms with Crippen LogP contribution in [0.4, 0.5) is 5.69 Å². The zero-order valence-corrected chi connectivity index (χ0v) is 14.3. The van der Waals surface area contributed by atoms with Crippen LogP contribution in [0.15, 0.2) is 24.3 Å². The number of benzene rings is 1. The molecule has 1 heterocycles. The van der Waals surface area contributed by atoms with Crippen LogP contribution in [0, 0.1) is 0 Å². The molecule has 0 radical (unpaired) electrons. The van der Waals surface area contributed by atoms with Crippen LogP contribution in [-0.4, -0.2) is 61.9 Å². The molecule has 1 aliphatic rings. The van der Waals surface area contributed by atoms with Crippen LogP contribution in [0.3, 0.4) is 0 Å². The number of amides is 2. The lowest BCUT2D eigenvalue weighted by molar-refractivity contribution is -0.114. The second-order valence-corrected chi connectivity index (χ2v) is 8.04. The molecule has 1 atom stereocenters. The Labute approximate surface area is 136 Å². The second kappa shape index (κ2) is 6.67. The number of nitrogens with one attached hydrogen (secondary N) is 1. The maximum atomic E-state index is 12.8. The van der Waals surface area contributed by atoms with E-state index in [0.29, 0.717) is 17.7 Å². The number of carbonyl (C=O) groups excluding carboxylic acids is 2. The van der Waals surface area contributed by atoms with Gasteiger partial charge in [0.25, 0.3) is 5.91 Å². The third-order valence-corrected chi connectivity index (χ3v) is 5.37. The van der Waals surface area contributed by atoms with E-state index in [0.717, 1.165) is 0 Å². The number of sulfone groups is 1. The van der Waals surface area contributed by atoms with E-state index < -0.39 is 9.84 Å². The van der Waals surface area contributed by atoms with Gasteiger partial charge in [-0.3, -0.25) is 14.6 Å². The van der Waals surface area contributed by atoms with Crippen molar-refractivity contribution in [1.29, 1.82) is 0 Å². The van der Waals surface area contributed by atoms with E-state index in [2.05, 4.69) is 5.32 Å². The molecule has 2 rings (SSSR count). The van der Waals surface area contributed by atoms with Gasteiger partial charge in [-0.2, -0.15) is 0 Å². The fourth-order valence-electron chi connectivity index (χ4n) is 2.71. The first-order valence-electron chi connectivity index (χ1n) is 7.28. The number of hydrogen-bond donors (Lipinski definition) is 1. The molecular weight excluding hydrogens is 318 g/mol. The molecule has 2 amide bonds. The number of nitrogens with zero attached hydrogens (tertiary/aromatic N) is 2. The maximum absolute atomic E-state index is 12.8. The van der Waals surface area contributed by atoms with Crippen molar-refractivity contribution in [3.05, 3.63) is 29.8 Å². The van der Waals surface area contributed by atoms with Crippen molar-refractivity contribution in [2.75, 3.05) is 30.9 Å². The Hall–Kier alpha value is -1.93. The van der Waals surface area contributed by atoms with E-state index in [-0.39, 0.29) is 29.4 Å². The van der Waals surface area contributed by atoms with Crippen molar-refractivity contribution in [1.82, 2.24) is 10.0 Å². The van der Waals surface area contributed by atoms with E-state index in [1.54, 1.807) is 43.4 Å². The number of hydrogen-bond acceptors (Lipinski definition) is 5. The van der Waals surface area contributed by atoms with Crippen LogP contribution >= 0.6 is 0 Å². The van der Waals surface area contributed by atoms with E-state index in [1.165, 1.54) is 11.9 Å². The van der Waals surface area contributed by atoms with Gasteiger partial charge in [0, 0.05) is 32.3 Å². The summed E-state index contributed by atoms with van der Waals surface area (Å²) in [6.45, 7) is 1.39. The van der Waals surface area contributed by atoms with Crippen molar-refractivity contribution >= 4 is 27.3 Å². The molecule has 1 aromatic carbocycles. The highest BCUT2D eigenvalue weighted by atomic mass is 32.2. The quantitative estimate of drug-likeness (QED) is 0.818. The van der Waals surface area contributed by atoms with Gasteiger partial charge in [0.15, 0.2) is 9.84 Å². The highest BCUT2D eigenvalue weighted by Gasteiger charge is 2.36. The van der Waals surface area contributed by atoms with Gasteiger partial charge < -0.3 is 5.32 Å². The Kier molecular flexibility index (Phi) is 5.06. The molecule has 1 aliphatic heterocycles. The molecule has 7 nitrogen and oxygen atoms in total. The van der Waals surface area contributed by atoms with Crippen LogP contribution in [-0.2, 0) is 14.6 Å². The molecule has 1 saturated heterocycles. The third kappa shape index (κ3) is 4.29. The van der Waals surface area contributed by atoms with Gasteiger partial charge in [-0.1, -0.05) is 6.07 Å². The first kappa shape index (κ1) is 17.4. The fraction of sp³-hybridized carbons (Fsp3) is 0.467. The Morgan fingerprint density at radius 2 is 1.96 bits per heavy atom. The molecule has 0 bridgehead atoms. The summed E-state index contributed by atoms with van der Waals surface area (Å²) >= 11 is 0. The van der Waals surface area contributed by atoms with E-state index >= 15 is 0 Å². The van der Waals surface area contributed by atoms with Crippen LogP contribution in [0.5, 0.6) is 0 Å². The van der Waals surface area contributed by atoms with Gasteiger partial charge in [-0.15, -0.1) is 0 Å². The molecule has 1 fully saturated rings. The monoisotopic (exact) mass is 339 g/mol. The number of anilines is 1. The van der Waals surface area contributed by atoms with Gasteiger partial charge in [-0.05, 0) is 24.6 Å². The summed E-state index contributed by atoms with van der Waals surface area (Å²) in [6.07, 6.45) is 0.428. The van der Waals surface area contributed by atoms with E-state index in [4.69, 9.17) is 0 Å². The van der Waals surface area contributed by atoms with Crippen molar-refractivity contribution in [2.45, 2.75) is 19.4 Å². The summed E-state index contributed by atoms with van der Waals surface area (Å²) in [6, 6.07) is 6.24. The van der Waals surface area contributed by atoms with Crippen LogP contribution in [0.2, 0.25) is 0 Å². The molecule has 1 aromatic rings. The van der Waals surface area contributed by atoms with Crippen LogP contribution in [0.25, 0.3) is 0 Å². The zero-order valence-electron chi connectivity index (χ0n) is 13.4. The average molecular weight is 339 g/mol. The van der Waals surface area contributed by atoms with Crippen molar-refractivity contribution in [3.63, 3.8) is 0 Å². The summed E-state index contributed by atoms with van der Waals surface area (Å²) in [5.41, 5.74) is 0.926. The topological polar surface area (TPSA) is 86.8 Å². The zero-order chi connectivity index (χ0) is 17.2. The Balaban J connectivity index is 2.26. The number of carbonyl (C=O) groups is 2. The molecule has 8 heteroatoms. The molecule has 1 unspecified atom stereocenters. The molecule has 0 spiro atoms. The Bertz CT molecular complexity index is 715. The van der Waals surface area contributed by atoms with Gasteiger partial charge in [0.05, 0.1) is 17.5 Å². The minimum absolute atomic E-state index is 0.0255. The van der Waals surface area contributed by atoms with Crippen molar-refractivity contribution in [2.24, 2.45) is 0 Å². The first-order chi connectivity index (χ1) is 10.7. The summed E-state index contributed by atoms with van der Waals surface area (Å²) in [5, 5.41) is 5.71. The summed E-state index contributed by atoms with van der Waals surface area (Å²) in [4.78, 5) is 23.9. The van der Waals surface area contributed by atoms with Gasteiger partial charge in [0.2, 0.25) is 5.91 Å². The molecular formula is C15H21N3O4S. The lowest BCUT2D eigenvalue weighted by atomic mass is 10.1. The van der Waals surface area contributed by atoms with Gasteiger partial charge >= 0.3 is 0 Å².